The number of aromatic nitrogens is 2. The van der Waals surface area contributed by atoms with Crippen LogP contribution in [-0.2, 0) is 6.61 Å². The summed E-state index contributed by atoms with van der Waals surface area (Å²) in [5.41, 5.74) is 1.66. The van der Waals surface area contributed by atoms with Gasteiger partial charge in [-0.1, -0.05) is 17.7 Å². The average molecular weight is 466 g/mol. The Labute approximate surface area is 194 Å². The molecule has 1 N–H and O–H groups in total. The SMILES string of the molecule is COc1ccc(C(=O)Nc2cccc(OCc3cc(=O)n4cc(Cl)ccc4n3)c2)cc1OC. The number of nitrogens with one attached hydrogen (secondary N) is 1. The van der Waals surface area contributed by atoms with Gasteiger partial charge in [0.15, 0.2) is 11.5 Å². The number of ether oxygens (including phenoxy) is 3. The molecule has 4 aromatic rings. The number of halogens is 1. The van der Waals surface area contributed by atoms with E-state index in [4.69, 9.17) is 25.8 Å². The van der Waals surface area contributed by atoms with Crippen LogP contribution in [0.5, 0.6) is 17.2 Å². The normalized spacial score (nSPS) is 10.6. The molecular weight excluding hydrogens is 446 g/mol. The monoisotopic (exact) mass is 465 g/mol. The molecule has 0 saturated carbocycles. The molecule has 0 aliphatic carbocycles. The van der Waals surface area contributed by atoms with E-state index in [1.165, 1.54) is 30.9 Å². The van der Waals surface area contributed by atoms with E-state index in [0.29, 0.717) is 44.9 Å². The Hall–Kier alpha value is -4.04. The van der Waals surface area contributed by atoms with Crippen molar-refractivity contribution in [2.24, 2.45) is 0 Å². The number of hydrogen-bond acceptors (Lipinski definition) is 6. The maximum atomic E-state index is 12.7. The molecule has 4 rings (SSSR count). The Balaban J connectivity index is 1.46. The van der Waals surface area contributed by atoms with E-state index in [9.17, 15) is 9.59 Å². The molecule has 0 unspecified atom stereocenters. The zero-order chi connectivity index (χ0) is 23.4. The van der Waals surface area contributed by atoms with E-state index in [0.717, 1.165) is 0 Å². The highest BCUT2D eigenvalue weighted by atomic mass is 35.5. The summed E-state index contributed by atoms with van der Waals surface area (Å²) in [4.78, 5) is 29.4. The number of methoxy groups -OCH3 is 2. The van der Waals surface area contributed by atoms with Gasteiger partial charge in [-0.25, -0.2) is 4.98 Å². The van der Waals surface area contributed by atoms with Gasteiger partial charge in [0.2, 0.25) is 0 Å². The fraction of sp³-hybridized carbons (Fsp3) is 0.125. The first-order chi connectivity index (χ1) is 16.0. The van der Waals surface area contributed by atoms with Crippen molar-refractivity contribution in [2.75, 3.05) is 19.5 Å². The fourth-order valence-corrected chi connectivity index (χ4v) is 3.36. The number of carbonyl (C=O) groups excluding carboxylic acids is 1. The third-order valence-electron chi connectivity index (χ3n) is 4.80. The maximum Gasteiger partial charge on any atom is 0.258 e. The second-order valence-corrected chi connectivity index (χ2v) is 7.44. The summed E-state index contributed by atoms with van der Waals surface area (Å²) in [5.74, 6) is 1.20. The summed E-state index contributed by atoms with van der Waals surface area (Å²) < 4.78 is 17.6. The topological polar surface area (TPSA) is 91.2 Å². The first-order valence-corrected chi connectivity index (χ1v) is 10.3. The number of nitrogens with zero attached hydrogens (tertiary/aromatic N) is 2. The van der Waals surface area contributed by atoms with Crippen LogP contribution in [-0.4, -0.2) is 29.5 Å². The smallest absolute Gasteiger partial charge is 0.258 e. The van der Waals surface area contributed by atoms with Crippen LogP contribution < -0.4 is 25.1 Å². The van der Waals surface area contributed by atoms with Gasteiger partial charge in [0, 0.05) is 29.6 Å². The van der Waals surface area contributed by atoms with E-state index in [2.05, 4.69) is 10.3 Å². The third-order valence-corrected chi connectivity index (χ3v) is 5.02. The first kappa shape index (κ1) is 22.2. The summed E-state index contributed by atoms with van der Waals surface area (Å²) in [6.07, 6.45) is 1.52. The highest BCUT2D eigenvalue weighted by Gasteiger charge is 2.12. The van der Waals surface area contributed by atoms with Gasteiger partial charge >= 0.3 is 0 Å². The van der Waals surface area contributed by atoms with Gasteiger partial charge in [0.05, 0.1) is 24.9 Å². The molecule has 0 saturated heterocycles. The van der Waals surface area contributed by atoms with Crippen molar-refractivity contribution < 1.29 is 19.0 Å². The Kier molecular flexibility index (Phi) is 6.46. The van der Waals surface area contributed by atoms with Crippen molar-refractivity contribution >= 4 is 28.8 Å². The van der Waals surface area contributed by atoms with Crippen molar-refractivity contribution in [3.8, 4) is 17.2 Å². The number of benzene rings is 2. The lowest BCUT2D eigenvalue weighted by Crippen LogP contribution is -2.16. The quantitative estimate of drug-likeness (QED) is 0.440. The molecule has 1 amide bonds. The van der Waals surface area contributed by atoms with Crippen LogP contribution in [0.3, 0.4) is 0 Å². The first-order valence-electron chi connectivity index (χ1n) is 9.91. The van der Waals surface area contributed by atoms with E-state index >= 15 is 0 Å². The number of carbonyl (C=O) groups is 1. The van der Waals surface area contributed by atoms with Gasteiger partial charge < -0.3 is 19.5 Å². The number of anilines is 1. The minimum Gasteiger partial charge on any atom is -0.493 e. The van der Waals surface area contributed by atoms with Crippen LogP contribution in [0.2, 0.25) is 5.02 Å². The van der Waals surface area contributed by atoms with Gasteiger partial charge in [-0.05, 0) is 42.5 Å². The lowest BCUT2D eigenvalue weighted by atomic mass is 10.2. The summed E-state index contributed by atoms with van der Waals surface area (Å²) in [6, 6.07) is 16.6. The Morgan fingerprint density at radius 2 is 1.85 bits per heavy atom. The van der Waals surface area contributed by atoms with Crippen molar-refractivity contribution in [3.63, 3.8) is 0 Å². The van der Waals surface area contributed by atoms with Crippen molar-refractivity contribution in [1.82, 2.24) is 9.38 Å². The van der Waals surface area contributed by atoms with Crippen LogP contribution >= 0.6 is 11.6 Å². The van der Waals surface area contributed by atoms with Crippen molar-refractivity contribution in [1.29, 1.82) is 0 Å². The van der Waals surface area contributed by atoms with Crippen LogP contribution in [0, 0.1) is 0 Å². The zero-order valence-corrected chi connectivity index (χ0v) is 18.6. The van der Waals surface area contributed by atoms with Gasteiger partial charge in [-0.15, -0.1) is 0 Å². The second kappa shape index (κ2) is 9.62. The lowest BCUT2D eigenvalue weighted by molar-refractivity contribution is 0.102. The molecule has 2 heterocycles. The van der Waals surface area contributed by atoms with Crippen LogP contribution in [0.15, 0.2) is 71.7 Å². The van der Waals surface area contributed by atoms with E-state index < -0.39 is 0 Å². The lowest BCUT2D eigenvalue weighted by Gasteiger charge is -2.11. The number of hydrogen-bond donors (Lipinski definition) is 1. The standard InChI is InChI=1S/C24H20ClN3O5/c1-31-20-8-6-15(10-21(20)32-2)24(30)27-17-4-3-5-19(11-17)33-14-18-12-23(29)28-13-16(25)7-9-22(28)26-18/h3-13H,14H2,1-2H3,(H,27,30). The molecule has 9 heteroatoms. The predicted octanol–water partition coefficient (Wildman–Crippen LogP) is 4.20. The van der Waals surface area contributed by atoms with Gasteiger partial charge in [0.1, 0.15) is 18.0 Å². The van der Waals surface area contributed by atoms with Crippen LogP contribution in [0.1, 0.15) is 16.1 Å². The van der Waals surface area contributed by atoms with Gasteiger partial charge in [0.25, 0.3) is 11.5 Å². The molecule has 0 spiro atoms. The molecule has 2 aromatic heterocycles. The highest BCUT2D eigenvalue weighted by molar-refractivity contribution is 6.30. The molecule has 8 nitrogen and oxygen atoms in total. The summed E-state index contributed by atoms with van der Waals surface area (Å²) in [6.45, 7) is 0.0848. The minimum atomic E-state index is -0.309. The Morgan fingerprint density at radius 3 is 2.64 bits per heavy atom. The van der Waals surface area contributed by atoms with E-state index in [1.807, 2.05) is 0 Å². The van der Waals surface area contributed by atoms with Crippen LogP contribution in [0.25, 0.3) is 5.65 Å². The fourth-order valence-electron chi connectivity index (χ4n) is 3.20. The van der Waals surface area contributed by atoms with Crippen molar-refractivity contribution in [3.05, 3.63) is 93.5 Å². The largest absolute Gasteiger partial charge is 0.493 e. The molecule has 0 aliphatic heterocycles. The number of fused-ring (bicyclic) bond motifs is 1. The highest BCUT2D eigenvalue weighted by Crippen LogP contribution is 2.28. The molecule has 0 fully saturated rings. The maximum absolute atomic E-state index is 12.7. The number of rotatable bonds is 7. The van der Waals surface area contributed by atoms with Crippen LogP contribution in [0.4, 0.5) is 5.69 Å². The molecule has 2 aromatic carbocycles. The number of pyridine rings is 1. The summed E-state index contributed by atoms with van der Waals surface area (Å²) in [5, 5.41) is 3.27. The molecule has 0 radical (unpaired) electrons. The average Bonchev–Trinajstić information content (AvgIpc) is 2.83. The Bertz CT molecular complexity index is 1390. The summed E-state index contributed by atoms with van der Waals surface area (Å²) in [7, 11) is 3.04. The van der Waals surface area contributed by atoms with Crippen molar-refractivity contribution in [2.45, 2.75) is 6.61 Å². The second-order valence-electron chi connectivity index (χ2n) is 7.00. The predicted molar refractivity (Wildman–Crippen MR) is 125 cm³/mol. The van der Waals surface area contributed by atoms with Gasteiger partial charge in [-0.2, -0.15) is 0 Å². The molecular formula is C24H20ClN3O5. The molecule has 0 aliphatic rings. The molecule has 0 bridgehead atoms. The molecule has 0 atom stereocenters. The van der Waals surface area contributed by atoms with E-state index in [1.54, 1.807) is 54.6 Å². The Morgan fingerprint density at radius 1 is 1.03 bits per heavy atom. The minimum absolute atomic E-state index is 0.0848. The third kappa shape index (κ3) is 5.07. The zero-order valence-electron chi connectivity index (χ0n) is 17.9. The summed E-state index contributed by atoms with van der Waals surface area (Å²) >= 11 is 5.94. The molecule has 168 valence electrons. The molecule has 33 heavy (non-hydrogen) atoms. The van der Waals surface area contributed by atoms with Gasteiger partial charge in [-0.3, -0.25) is 14.0 Å². The van der Waals surface area contributed by atoms with E-state index in [-0.39, 0.29) is 18.1 Å². The number of amides is 1.